The smallest absolute Gasteiger partial charge is 0.291 e. The quantitative estimate of drug-likeness (QED) is 0.878. The molecule has 0 radical (unpaired) electrons. The van der Waals surface area contributed by atoms with Crippen LogP contribution in [0.4, 0.5) is 0 Å². The summed E-state index contributed by atoms with van der Waals surface area (Å²) in [5, 5.41) is 9.61. The molecule has 5 heteroatoms. The van der Waals surface area contributed by atoms with E-state index < -0.39 is 0 Å². The Kier molecular flexibility index (Phi) is 3.03. The van der Waals surface area contributed by atoms with Gasteiger partial charge >= 0.3 is 0 Å². The molecule has 2 aromatic rings. The Labute approximate surface area is 111 Å². The van der Waals surface area contributed by atoms with E-state index in [4.69, 9.17) is 0 Å². The van der Waals surface area contributed by atoms with Crippen LogP contribution in [-0.2, 0) is 6.54 Å². The van der Waals surface area contributed by atoms with E-state index in [9.17, 15) is 4.79 Å². The number of carbonyl (C=O) groups excluding carboxylic acids is 1. The molecule has 3 rings (SSSR count). The summed E-state index contributed by atoms with van der Waals surface area (Å²) in [5.41, 5.74) is 2.27. The Morgan fingerprint density at radius 3 is 2.79 bits per heavy atom. The number of rotatable bonds is 4. The van der Waals surface area contributed by atoms with E-state index in [0.717, 1.165) is 24.2 Å². The van der Waals surface area contributed by atoms with Crippen LogP contribution in [0.3, 0.4) is 0 Å². The minimum absolute atomic E-state index is 0.231. The molecular weight excluding hydrogens is 240 g/mol. The molecule has 1 amide bonds. The van der Waals surface area contributed by atoms with Crippen molar-refractivity contribution in [3.05, 3.63) is 47.0 Å². The SMILES string of the molecule is Cc1ccc(CNC(=O)c2n[nH]c(C3CC3)n2)cc1. The van der Waals surface area contributed by atoms with Crippen LogP contribution in [-0.4, -0.2) is 21.1 Å². The molecule has 0 saturated heterocycles. The zero-order chi connectivity index (χ0) is 13.2. The molecule has 0 bridgehead atoms. The van der Waals surface area contributed by atoms with Crippen molar-refractivity contribution in [3.8, 4) is 0 Å². The first-order chi connectivity index (χ1) is 9.22. The van der Waals surface area contributed by atoms with Crippen LogP contribution in [0.25, 0.3) is 0 Å². The van der Waals surface area contributed by atoms with Crippen molar-refractivity contribution in [3.63, 3.8) is 0 Å². The van der Waals surface area contributed by atoms with Crippen LogP contribution in [0, 0.1) is 6.92 Å². The van der Waals surface area contributed by atoms with Crippen molar-refractivity contribution in [1.82, 2.24) is 20.5 Å². The Hall–Kier alpha value is -2.17. The molecule has 1 heterocycles. The first-order valence-electron chi connectivity index (χ1n) is 6.48. The third-order valence-corrected chi connectivity index (χ3v) is 3.24. The summed E-state index contributed by atoms with van der Waals surface area (Å²) < 4.78 is 0. The first kappa shape index (κ1) is 11.9. The van der Waals surface area contributed by atoms with Gasteiger partial charge in [0.05, 0.1) is 0 Å². The molecule has 1 fully saturated rings. The molecule has 19 heavy (non-hydrogen) atoms. The van der Waals surface area contributed by atoms with Crippen LogP contribution in [0.15, 0.2) is 24.3 Å². The van der Waals surface area contributed by atoms with Crippen molar-refractivity contribution < 1.29 is 4.79 Å². The van der Waals surface area contributed by atoms with E-state index in [1.54, 1.807) is 0 Å². The number of benzene rings is 1. The summed E-state index contributed by atoms with van der Waals surface area (Å²) >= 11 is 0. The van der Waals surface area contributed by atoms with Crippen molar-refractivity contribution in [2.45, 2.75) is 32.2 Å². The fourth-order valence-electron chi connectivity index (χ4n) is 1.88. The molecule has 1 aromatic carbocycles. The molecule has 1 aliphatic rings. The normalized spacial score (nSPS) is 14.4. The second-order valence-electron chi connectivity index (χ2n) is 4.99. The van der Waals surface area contributed by atoms with Crippen molar-refractivity contribution in [1.29, 1.82) is 0 Å². The topological polar surface area (TPSA) is 70.7 Å². The fourth-order valence-corrected chi connectivity index (χ4v) is 1.88. The van der Waals surface area contributed by atoms with Gasteiger partial charge < -0.3 is 5.32 Å². The second-order valence-corrected chi connectivity index (χ2v) is 4.99. The number of amides is 1. The summed E-state index contributed by atoms with van der Waals surface area (Å²) in [6.45, 7) is 2.53. The molecule has 1 aliphatic carbocycles. The van der Waals surface area contributed by atoms with Crippen molar-refractivity contribution >= 4 is 5.91 Å². The van der Waals surface area contributed by atoms with Gasteiger partial charge in [0.1, 0.15) is 5.82 Å². The number of aromatic nitrogens is 3. The van der Waals surface area contributed by atoms with Gasteiger partial charge in [-0.2, -0.15) is 0 Å². The summed E-state index contributed by atoms with van der Waals surface area (Å²) in [4.78, 5) is 16.1. The zero-order valence-electron chi connectivity index (χ0n) is 10.8. The monoisotopic (exact) mass is 256 g/mol. The second kappa shape index (κ2) is 4.84. The van der Waals surface area contributed by atoms with Gasteiger partial charge in [0.25, 0.3) is 5.91 Å². The molecule has 1 aromatic heterocycles. The minimum Gasteiger partial charge on any atom is -0.345 e. The number of H-pyrrole nitrogens is 1. The lowest BCUT2D eigenvalue weighted by Gasteiger charge is -2.03. The number of carbonyl (C=O) groups is 1. The summed E-state index contributed by atoms with van der Waals surface area (Å²) in [7, 11) is 0. The van der Waals surface area contributed by atoms with Crippen molar-refractivity contribution in [2.24, 2.45) is 0 Å². The highest BCUT2D eigenvalue weighted by Gasteiger charge is 2.28. The molecular formula is C14H16N4O. The Morgan fingerprint density at radius 1 is 1.37 bits per heavy atom. The fraction of sp³-hybridized carbons (Fsp3) is 0.357. The number of aryl methyl sites for hydroxylation is 1. The lowest BCUT2D eigenvalue weighted by atomic mass is 10.1. The van der Waals surface area contributed by atoms with E-state index >= 15 is 0 Å². The molecule has 1 saturated carbocycles. The van der Waals surface area contributed by atoms with Gasteiger partial charge in [-0.05, 0) is 25.3 Å². The third kappa shape index (κ3) is 2.81. The van der Waals surface area contributed by atoms with E-state index in [-0.39, 0.29) is 11.7 Å². The van der Waals surface area contributed by atoms with Crippen LogP contribution in [0.1, 0.15) is 46.3 Å². The molecule has 0 spiro atoms. The van der Waals surface area contributed by atoms with Crippen LogP contribution in [0.2, 0.25) is 0 Å². The van der Waals surface area contributed by atoms with E-state index in [2.05, 4.69) is 20.5 Å². The predicted molar refractivity (Wildman–Crippen MR) is 70.7 cm³/mol. The summed E-state index contributed by atoms with van der Waals surface area (Å²) in [6.07, 6.45) is 2.28. The highest BCUT2D eigenvalue weighted by Crippen LogP contribution is 2.37. The Balaban J connectivity index is 1.59. The van der Waals surface area contributed by atoms with Crippen molar-refractivity contribution in [2.75, 3.05) is 0 Å². The average Bonchev–Trinajstić information content (AvgIpc) is 3.15. The standard InChI is InChI=1S/C14H16N4O/c1-9-2-4-10(5-3-9)8-15-14(19)13-16-12(17-18-13)11-6-7-11/h2-5,11H,6-8H2,1H3,(H,15,19)(H,16,17,18). The Morgan fingerprint density at radius 2 is 2.11 bits per heavy atom. The first-order valence-corrected chi connectivity index (χ1v) is 6.48. The molecule has 2 N–H and O–H groups in total. The maximum Gasteiger partial charge on any atom is 0.291 e. The van der Waals surface area contributed by atoms with Crippen LogP contribution in [0.5, 0.6) is 0 Å². The Bertz CT molecular complexity index is 584. The maximum atomic E-state index is 11.9. The predicted octanol–water partition coefficient (Wildman–Crippen LogP) is 1.92. The van der Waals surface area contributed by atoms with Gasteiger partial charge in [0.2, 0.25) is 5.82 Å². The number of nitrogens with zero attached hydrogens (tertiary/aromatic N) is 2. The number of hydrogen-bond donors (Lipinski definition) is 2. The molecule has 0 atom stereocenters. The van der Waals surface area contributed by atoms with Gasteiger partial charge in [-0.1, -0.05) is 29.8 Å². The van der Waals surface area contributed by atoms with E-state index in [1.165, 1.54) is 5.56 Å². The largest absolute Gasteiger partial charge is 0.345 e. The van der Waals surface area contributed by atoms with Gasteiger partial charge in [-0.3, -0.25) is 9.89 Å². The summed E-state index contributed by atoms with van der Waals surface area (Å²) in [6, 6.07) is 8.06. The minimum atomic E-state index is -0.233. The molecule has 98 valence electrons. The number of hydrogen-bond acceptors (Lipinski definition) is 3. The molecule has 0 unspecified atom stereocenters. The highest BCUT2D eigenvalue weighted by atomic mass is 16.2. The molecule has 5 nitrogen and oxygen atoms in total. The molecule has 0 aliphatic heterocycles. The summed E-state index contributed by atoms with van der Waals surface area (Å²) in [5.74, 6) is 1.31. The van der Waals surface area contributed by atoms with Crippen LogP contribution < -0.4 is 5.32 Å². The van der Waals surface area contributed by atoms with E-state index in [0.29, 0.717) is 12.5 Å². The van der Waals surface area contributed by atoms with Gasteiger partial charge in [-0.25, -0.2) is 4.98 Å². The van der Waals surface area contributed by atoms with Gasteiger partial charge in [-0.15, -0.1) is 5.10 Å². The van der Waals surface area contributed by atoms with Gasteiger partial charge in [0.15, 0.2) is 0 Å². The number of aromatic amines is 1. The third-order valence-electron chi connectivity index (χ3n) is 3.24. The highest BCUT2D eigenvalue weighted by molar-refractivity contribution is 5.90. The number of nitrogens with one attached hydrogen (secondary N) is 2. The van der Waals surface area contributed by atoms with E-state index in [1.807, 2.05) is 31.2 Å². The zero-order valence-corrected chi connectivity index (χ0v) is 10.8. The van der Waals surface area contributed by atoms with Gasteiger partial charge in [0, 0.05) is 12.5 Å². The van der Waals surface area contributed by atoms with Crippen LogP contribution >= 0.6 is 0 Å². The maximum absolute atomic E-state index is 11.9. The lowest BCUT2D eigenvalue weighted by Crippen LogP contribution is -2.24. The lowest BCUT2D eigenvalue weighted by molar-refractivity contribution is 0.0941. The average molecular weight is 256 g/mol.